The molecule has 1 saturated carbocycles. The van der Waals surface area contributed by atoms with Crippen LogP contribution in [0, 0.1) is 5.92 Å². The molecule has 1 aromatic carbocycles. The zero-order valence-electron chi connectivity index (χ0n) is 11.0. The van der Waals surface area contributed by atoms with Crippen molar-refractivity contribution in [1.82, 2.24) is 5.32 Å². The van der Waals surface area contributed by atoms with Crippen molar-refractivity contribution in [2.75, 3.05) is 0 Å². The molecule has 1 unspecified atom stereocenters. The molecule has 0 radical (unpaired) electrons. The largest absolute Gasteiger partial charge is 0.349 e. The number of rotatable bonds is 3. The zero-order valence-corrected chi connectivity index (χ0v) is 11.0. The number of fused-ring (bicyclic) bond motifs is 1. The maximum Gasteiger partial charge on any atom is 0.223 e. The maximum absolute atomic E-state index is 11.8. The summed E-state index contributed by atoms with van der Waals surface area (Å²) in [5.74, 6) is 0.533. The normalized spacial score (nSPS) is 20.1. The van der Waals surface area contributed by atoms with E-state index in [2.05, 4.69) is 30.4 Å². The fourth-order valence-electron chi connectivity index (χ4n) is 2.78. The first kappa shape index (κ1) is 11.8. The van der Waals surface area contributed by atoms with E-state index in [-0.39, 0.29) is 11.9 Å². The van der Waals surface area contributed by atoms with E-state index in [1.807, 2.05) is 0 Å². The molecule has 0 saturated heterocycles. The van der Waals surface area contributed by atoms with Crippen molar-refractivity contribution in [3.63, 3.8) is 0 Å². The van der Waals surface area contributed by atoms with Gasteiger partial charge in [-0.2, -0.15) is 0 Å². The summed E-state index contributed by atoms with van der Waals surface area (Å²) in [6.07, 6.45) is 7.19. The molecule has 1 aromatic rings. The molecule has 1 amide bonds. The summed E-state index contributed by atoms with van der Waals surface area (Å²) in [6, 6.07) is 6.88. The Labute approximate surface area is 109 Å². The van der Waals surface area contributed by atoms with E-state index in [1.165, 1.54) is 42.4 Å². The molecule has 1 N–H and O–H groups in total. The van der Waals surface area contributed by atoms with Crippen molar-refractivity contribution in [3.8, 4) is 0 Å². The lowest BCUT2D eigenvalue weighted by Gasteiger charge is -2.20. The van der Waals surface area contributed by atoms with Crippen molar-refractivity contribution in [1.29, 1.82) is 0 Å². The smallest absolute Gasteiger partial charge is 0.223 e. The van der Waals surface area contributed by atoms with Crippen LogP contribution in [-0.4, -0.2) is 5.91 Å². The quantitative estimate of drug-likeness (QED) is 0.868. The molecule has 0 heterocycles. The molecule has 2 aliphatic carbocycles. The van der Waals surface area contributed by atoms with E-state index in [9.17, 15) is 4.79 Å². The van der Waals surface area contributed by atoms with Gasteiger partial charge in [-0.1, -0.05) is 18.2 Å². The summed E-state index contributed by atoms with van der Waals surface area (Å²) in [7, 11) is 0. The van der Waals surface area contributed by atoms with Gasteiger partial charge in [-0.3, -0.25) is 4.79 Å². The van der Waals surface area contributed by atoms with Gasteiger partial charge in [-0.05, 0) is 62.1 Å². The number of benzene rings is 1. The number of carbonyl (C=O) groups is 1. The predicted octanol–water partition coefficient (Wildman–Crippen LogP) is 3.15. The molecule has 1 fully saturated rings. The average molecular weight is 243 g/mol. The van der Waals surface area contributed by atoms with Gasteiger partial charge in [0.05, 0.1) is 6.04 Å². The Bertz CT molecular complexity index is 462. The van der Waals surface area contributed by atoms with Crippen LogP contribution in [0.2, 0.25) is 0 Å². The second kappa shape index (κ2) is 4.75. The maximum atomic E-state index is 11.8. The second-order valence-corrected chi connectivity index (χ2v) is 5.74. The topological polar surface area (TPSA) is 29.1 Å². The van der Waals surface area contributed by atoms with Gasteiger partial charge < -0.3 is 5.32 Å². The van der Waals surface area contributed by atoms with Crippen LogP contribution >= 0.6 is 0 Å². The van der Waals surface area contributed by atoms with Crippen molar-refractivity contribution >= 4 is 5.91 Å². The number of carbonyl (C=O) groups excluding carboxylic acids is 1. The van der Waals surface area contributed by atoms with Crippen LogP contribution in [-0.2, 0) is 17.6 Å². The number of amides is 1. The molecule has 0 bridgehead atoms. The summed E-state index contributed by atoms with van der Waals surface area (Å²) in [6.45, 7) is 2.09. The number of aryl methyl sites for hydroxylation is 2. The Morgan fingerprint density at radius 3 is 2.67 bits per heavy atom. The van der Waals surface area contributed by atoms with Gasteiger partial charge in [0, 0.05) is 5.92 Å². The molecule has 3 rings (SSSR count). The molecule has 1 atom stereocenters. The van der Waals surface area contributed by atoms with Gasteiger partial charge in [0.1, 0.15) is 0 Å². The van der Waals surface area contributed by atoms with Crippen LogP contribution in [0.1, 0.15) is 55.3 Å². The average Bonchev–Trinajstić information content (AvgIpc) is 3.22. The van der Waals surface area contributed by atoms with Crippen LogP contribution in [0.25, 0.3) is 0 Å². The third-order valence-electron chi connectivity index (χ3n) is 4.18. The standard InChI is InChI=1S/C16H21NO/c1-11(17-16(18)13-7-8-13)14-9-6-12-4-2-3-5-15(12)10-14/h6,9-11,13H,2-5,7-8H2,1H3,(H,17,18). The van der Waals surface area contributed by atoms with E-state index in [0.717, 1.165) is 12.8 Å². The Hall–Kier alpha value is -1.31. The SMILES string of the molecule is CC(NC(=O)C1CC1)c1ccc2c(c1)CCCC2. The highest BCUT2D eigenvalue weighted by Gasteiger charge is 2.30. The third kappa shape index (κ3) is 2.43. The zero-order chi connectivity index (χ0) is 12.5. The molecule has 2 nitrogen and oxygen atoms in total. The molecule has 0 aliphatic heterocycles. The van der Waals surface area contributed by atoms with Gasteiger partial charge in [0.15, 0.2) is 0 Å². The minimum atomic E-state index is 0.144. The van der Waals surface area contributed by atoms with Crippen LogP contribution in [0.4, 0.5) is 0 Å². The van der Waals surface area contributed by atoms with Crippen molar-refractivity contribution in [2.24, 2.45) is 5.92 Å². The molecule has 96 valence electrons. The first-order valence-electron chi connectivity index (χ1n) is 7.16. The lowest BCUT2D eigenvalue weighted by Crippen LogP contribution is -2.28. The van der Waals surface area contributed by atoms with Gasteiger partial charge in [0.25, 0.3) is 0 Å². The molecular weight excluding hydrogens is 222 g/mol. The van der Waals surface area contributed by atoms with E-state index >= 15 is 0 Å². The number of hydrogen-bond donors (Lipinski definition) is 1. The molecule has 18 heavy (non-hydrogen) atoms. The lowest BCUT2D eigenvalue weighted by atomic mass is 9.89. The van der Waals surface area contributed by atoms with Crippen LogP contribution in [0.3, 0.4) is 0 Å². The highest BCUT2D eigenvalue weighted by molar-refractivity contribution is 5.81. The fraction of sp³-hybridized carbons (Fsp3) is 0.562. The summed E-state index contributed by atoms with van der Waals surface area (Å²) in [5.41, 5.74) is 4.25. The van der Waals surface area contributed by atoms with Gasteiger partial charge in [-0.25, -0.2) is 0 Å². The minimum absolute atomic E-state index is 0.144. The van der Waals surface area contributed by atoms with Crippen LogP contribution < -0.4 is 5.32 Å². The summed E-state index contributed by atoms with van der Waals surface area (Å²) in [5, 5.41) is 3.13. The highest BCUT2D eigenvalue weighted by atomic mass is 16.2. The lowest BCUT2D eigenvalue weighted by molar-refractivity contribution is -0.122. The number of hydrogen-bond acceptors (Lipinski definition) is 1. The van der Waals surface area contributed by atoms with E-state index < -0.39 is 0 Å². The van der Waals surface area contributed by atoms with Crippen molar-refractivity contribution in [2.45, 2.75) is 51.5 Å². The number of nitrogens with one attached hydrogen (secondary N) is 1. The summed E-state index contributed by atoms with van der Waals surface area (Å²) >= 11 is 0. The molecular formula is C16H21NO. The molecule has 2 aliphatic rings. The molecule has 0 spiro atoms. The summed E-state index contributed by atoms with van der Waals surface area (Å²) in [4.78, 5) is 11.8. The predicted molar refractivity (Wildman–Crippen MR) is 72.4 cm³/mol. The van der Waals surface area contributed by atoms with E-state index in [1.54, 1.807) is 0 Å². The van der Waals surface area contributed by atoms with E-state index in [4.69, 9.17) is 0 Å². The van der Waals surface area contributed by atoms with E-state index in [0.29, 0.717) is 5.92 Å². The van der Waals surface area contributed by atoms with Crippen molar-refractivity contribution in [3.05, 3.63) is 34.9 Å². The van der Waals surface area contributed by atoms with Gasteiger partial charge >= 0.3 is 0 Å². The minimum Gasteiger partial charge on any atom is -0.349 e. The van der Waals surface area contributed by atoms with Crippen LogP contribution in [0.5, 0.6) is 0 Å². The monoisotopic (exact) mass is 243 g/mol. The summed E-state index contributed by atoms with van der Waals surface area (Å²) < 4.78 is 0. The second-order valence-electron chi connectivity index (χ2n) is 5.74. The third-order valence-corrected chi connectivity index (χ3v) is 4.18. The van der Waals surface area contributed by atoms with Crippen LogP contribution in [0.15, 0.2) is 18.2 Å². The van der Waals surface area contributed by atoms with Gasteiger partial charge in [-0.15, -0.1) is 0 Å². The highest BCUT2D eigenvalue weighted by Crippen LogP contribution is 2.30. The Morgan fingerprint density at radius 1 is 1.22 bits per heavy atom. The Morgan fingerprint density at radius 2 is 1.94 bits per heavy atom. The first-order chi connectivity index (χ1) is 8.74. The molecule has 0 aromatic heterocycles. The first-order valence-corrected chi connectivity index (χ1v) is 7.16. The molecule has 2 heteroatoms. The Kier molecular flexibility index (Phi) is 3.11. The van der Waals surface area contributed by atoms with Gasteiger partial charge in [0.2, 0.25) is 5.91 Å². The Balaban J connectivity index is 1.72. The fourth-order valence-corrected chi connectivity index (χ4v) is 2.78. The van der Waals surface area contributed by atoms with Crippen molar-refractivity contribution < 1.29 is 4.79 Å².